The minimum atomic E-state index is -0.768. The van der Waals surface area contributed by atoms with Crippen LogP contribution < -0.4 is 11.1 Å². The zero-order chi connectivity index (χ0) is 16.6. The molecule has 6 heteroatoms. The monoisotopic (exact) mass is 316 g/mol. The first-order valence-corrected chi connectivity index (χ1v) is 7.82. The number of hydrogen-bond donors (Lipinski definition) is 2. The number of rotatable bonds is 5. The van der Waals surface area contributed by atoms with Crippen molar-refractivity contribution in [1.82, 2.24) is 15.1 Å². The summed E-state index contributed by atoms with van der Waals surface area (Å²) in [6, 6.07) is 9.26. The third-order valence-electron chi connectivity index (χ3n) is 4.22. The predicted octanol–water partition coefficient (Wildman–Crippen LogP) is 1.95. The molecule has 2 heterocycles. The van der Waals surface area contributed by atoms with Crippen LogP contribution in [-0.4, -0.2) is 34.4 Å². The van der Waals surface area contributed by atoms with Crippen LogP contribution in [0.5, 0.6) is 0 Å². The molecule has 1 amide bonds. The average Bonchev–Trinajstić information content (AvgIpc) is 2.97. The van der Waals surface area contributed by atoms with Gasteiger partial charge in [-0.25, -0.2) is 9.07 Å². The van der Waals surface area contributed by atoms with Gasteiger partial charge in [0.1, 0.15) is 11.9 Å². The van der Waals surface area contributed by atoms with Crippen LogP contribution in [0, 0.1) is 0 Å². The van der Waals surface area contributed by atoms with E-state index >= 15 is 0 Å². The van der Waals surface area contributed by atoms with Gasteiger partial charge >= 0.3 is 0 Å². The van der Waals surface area contributed by atoms with Gasteiger partial charge in [-0.3, -0.25) is 4.79 Å². The van der Waals surface area contributed by atoms with Gasteiger partial charge in [0.25, 0.3) is 5.91 Å². The van der Waals surface area contributed by atoms with Crippen LogP contribution in [0.2, 0.25) is 0 Å². The second kappa shape index (κ2) is 6.12. The number of carbonyl (C=O) groups excluding carboxylic acids is 1. The van der Waals surface area contributed by atoms with Gasteiger partial charge in [0.15, 0.2) is 0 Å². The molecular formula is C17H21FN4O. The third kappa shape index (κ3) is 3.12. The van der Waals surface area contributed by atoms with E-state index in [-0.39, 0.29) is 12.0 Å². The molecule has 3 rings (SSSR count). The molecule has 122 valence electrons. The Morgan fingerprint density at radius 2 is 2.13 bits per heavy atom. The molecule has 0 spiro atoms. The highest BCUT2D eigenvalue weighted by Gasteiger charge is 2.29. The van der Waals surface area contributed by atoms with Crippen LogP contribution >= 0.6 is 0 Å². The lowest BCUT2D eigenvalue weighted by Crippen LogP contribution is -2.55. The number of alkyl halides is 1. The first-order chi connectivity index (χ1) is 11.0. The molecular weight excluding hydrogens is 295 g/mol. The van der Waals surface area contributed by atoms with Crippen LogP contribution in [0.15, 0.2) is 30.3 Å². The molecule has 5 nitrogen and oxygen atoms in total. The molecule has 0 aliphatic carbocycles. The first-order valence-electron chi connectivity index (χ1n) is 7.82. The number of halogens is 1. The molecule has 1 aromatic carbocycles. The molecule has 1 aliphatic rings. The Morgan fingerprint density at radius 1 is 1.43 bits per heavy atom. The fraction of sp³-hybridized carbons (Fsp3) is 0.412. The maximum absolute atomic E-state index is 13.3. The lowest BCUT2D eigenvalue weighted by atomic mass is 9.96. The second-order valence-corrected chi connectivity index (χ2v) is 6.29. The fourth-order valence-corrected chi connectivity index (χ4v) is 2.65. The molecule has 2 aromatic rings. The fourth-order valence-electron chi connectivity index (χ4n) is 2.65. The van der Waals surface area contributed by atoms with Crippen LogP contribution in [0.25, 0.3) is 5.69 Å². The van der Waals surface area contributed by atoms with E-state index in [0.29, 0.717) is 18.7 Å². The lowest BCUT2D eigenvalue weighted by molar-refractivity contribution is 0.0993. The van der Waals surface area contributed by atoms with Crippen LogP contribution in [0.1, 0.15) is 41.5 Å². The van der Waals surface area contributed by atoms with Crippen molar-refractivity contribution in [3.63, 3.8) is 0 Å². The SMILES string of the molecule is CC(C)c1cc(C(N)=O)n(-c2ccc(C[C@H]3NC[C@H]3F)cc2)n1. The largest absolute Gasteiger partial charge is 0.364 e. The number of nitrogens with zero attached hydrogens (tertiary/aromatic N) is 2. The zero-order valence-corrected chi connectivity index (χ0v) is 13.3. The molecule has 3 N–H and O–H groups in total. The molecule has 1 saturated heterocycles. The van der Waals surface area contributed by atoms with Crippen LogP contribution in [-0.2, 0) is 6.42 Å². The minimum absolute atomic E-state index is 0.0979. The summed E-state index contributed by atoms with van der Waals surface area (Å²) >= 11 is 0. The molecule has 1 fully saturated rings. The van der Waals surface area contributed by atoms with Crippen molar-refractivity contribution in [3.05, 3.63) is 47.3 Å². The summed E-state index contributed by atoms with van der Waals surface area (Å²) in [6.07, 6.45) is -0.114. The summed E-state index contributed by atoms with van der Waals surface area (Å²) < 4.78 is 14.9. The van der Waals surface area contributed by atoms with Gasteiger partial charge in [-0.2, -0.15) is 5.10 Å². The first kappa shape index (κ1) is 15.7. The number of nitrogens with one attached hydrogen (secondary N) is 1. The normalized spacial score (nSPS) is 20.5. The topological polar surface area (TPSA) is 72.9 Å². The van der Waals surface area contributed by atoms with E-state index in [1.807, 2.05) is 38.1 Å². The van der Waals surface area contributed by atoms with E-state index in [1.54, 1.807) is 10.7 Å². The average molecular weight is 316 g/mol. The number of primary amides is 1. The number of hydrogen-bond acceptors (Lipinski definition) is 3. The molecule has 23 heavy (non-hydrogen) atoms. The van der Waals surface area contributed by atoms with Crippen molar-refractivity contribution in [3.8, 4) is 5.69 Å². The summed E-state index contributed by atoms with van der Waals surface area (Å²) in [6.45, 7) is 4.47. The Labute approximate surface area is 134 Å². The number of aromatic nitrogens is 2. The van der Waals surface area contributed by atoms with Gasteiger partial charge in [0.2, 0.25) is 0 Å². The van der Waals surface area contributed by atoms with Crippen molar-refractivity contribution in [1.29, 1.82) is 0 Å². The smallest absolute Gasteiger partial charge is 0.267 e. The Kier molecular flexibility index (Phi) is 4.17. The Morgan fingerprint density at radius 3 is 2.61 bits per heavy atom. The van der Waals surface area contributed by atoms with Gasteiger partial charge in [0, 0.05) is 12.6 Å². The summed E-state index contributed by atoms with van der Waals surface area (Å²) in [7, 11) is 0. The summed E-state index contributed by atoms with van der Waals surface area (Å²) in [5, 5.41) is 7.55. The third-order valence-corrected chi connectivity index (χ3v) is 4.22. The maximum Gasteiger partial charge on any atom is 0.267 e. The van der Waals surface area contributed by atoms with Gasteiger partial charge in [-0.15, -0.1) is 0 Å². The van der Waals surface area contributed by atoms with Crippen molar-refractivity contribution < 1.29 is 9.18 Å². The van der Waals surface area contributed by atoms with E-state index in [1.165, 1.54) is 0 Å². The standard InChI is InChI=1S/C17H21FN4O/c1-10(2)14-8-16(17(19)23)22(21-14)12-5-3-11(4-6-12)7-15-13(18)9-20-15/h3-6,8,10,13,15,20H,7,9H2,1-2H3,(H2,19,23)/t13-,15-/m1/s1. The highest BCUT2D eigenvalue weighted by atomic mass is 19.1. The van der Waals surface area contributed by atoms with E-state index in [0.717, 1.165) is 16.9 Å². The van der Waals surface area contributed by atoms with Gasteiger partial charge in [-0.05, 0) is 36.1 Å². The van der Waals surface area contributed by atoms with Gasteiger partial charge in [0.05, 0.1) is 11.4 Å². The van der Waals surface area contributed by atoms with E-state index in [9.17, 15) is 9.18 Å². The Bertz CT molecular complexity index is 708. The van der Waals surface area contributed by atoms with Crippen molar-refractivity contribution in [2.75, 3.05) is 6.54 Å². The summed E-state index contributed by atoms with van der Waals surface area (Å²) in [4.78, 5) is 11.6. The number of nitrogens with two attached hydrogens (primary N) is 1. The maximum atomic E-state index is 13.3. The van der Waals surface area contributed by atoms with Crippen LogP contribution in [0.4, 0.5) is 4.39 Å². The number of carbonyl (C=O) groups is 1. The summed E-state index contributed by atoms with van der Waals surface area (Å²) in [5.41, 5.74) is 8.46. The van der Waals surface area contributed by atoms with E-state index in [4.69, 9.17) is 5.73 Å². The van der Waals surface area contributed by atoms with E-state index < -0.39 is 12.1 Å². The molecule has 0 radical (unpaired) electrons. The molecule has 0 bridgehead atoms. The Hall–Kier alpha value is -2.21. The quantitative estimate of drug-likeness (QED) is 0.885. The Balaban J connectivity index is 1.85. The highest BCUT2D eigenvalue weighted by molar-refractivity contribution is 5.91. The van der Waals surface area contributed by atoms with Gasteiger partial charge in [-0.1, -0.05) is 26.0 Å². The predicted molar refractivity (Wildman–Crippen MR) is 86.6 cm³/mol. The minimum Gasteiger partial charge on any atom is -0.364 e. The van der Waals surface area contributed by atoms with Crippen LogP contribution in [0.3, 0.4) is 0 Å². The van der Waals surface area contributed by atoms with E-state index in [2.05, 4.69) is 10.4 Å². The second-order valence-electron chi connectivity index (χ2n) is 6.29. The highest BCUT2D eigenvalue weighted by Crippen LogP contribution is 2.20. The molecule has 1 aromatic heterocycles. The molecule has 0 unspecified atom stereocenters. The zero-order valence-electron chi connectivity index (χ0n) is 13.3. The summed E-state index contributed by atoms with van der Waals surface area (Å²) in [5.74, 6) is -0.299. The molecule has 0 saturated carbocycles. The number of benzene rings is 1. The van der Waals surface area contributed by atoms with Crippen molar-refractivity contribution in [2.45, 2.75) is 38.4 Å². The molecule has 2 atom stereocenters. The van der Waals surface area contributed by atoms with Gasteiger partial charge < -0.3 is 11.1 Å². The lowest BCUT2D eigenvalue weighted by Gasteiger charge is -2.32. The number of amides is 1. The van der Waals surface area contributed by atoms with Crippen molar-refractivity contribution in [2.24, 2.45) is 5.73 Å². The molecule has 1 aliphatic heterocycles. The van der Waals surface area contributed by atoms with Crippen molar-refractivity contribution >= 4 is 5.91 Å².